The van der Waals surface area contributed by atoms with E-state index >= 15 is 0 Å². The molecule has 1 aromatic heterocycles. The summed E-state index contributed by atoms with van der Waals surface area (Å²) in [6.07, 6.45) is 3.68. The lowest BCUT2D eigenvalue weighted by Gasteiger charge is -2.21. The summed E-state index contributed by atoms with van der Waals surface area (Å²) >= 11 is 5.49. The molecule has 0 aliphatic carbocycles. The van der Waals surface area contributed by atoms with Crippen LogP contribution in [0.15, 0.2) is 15.9 Å². The molecule has 92 valence electrons. The van der Waals surface area contributed by atoms with E-state index in [1.807, 2.05) is 11.3 Å². The number of hydrogen-bond acceptors (Lipinski definition) is 2. The maximum absolute atomic E-state index is 3.66. The van der Waals surface area contributed by atoms with Crippen LogP contribution in [0, 0.1) is 5.92 Å². The summed E-state index contributed by atoms with van der Waals surface area (Å²) in [4.78, 5) is 1.45. The van der Waals surface area contributed by atoms with Crippen molar-refractivity contribution in [3.63, 3.8) is 0 Å². The van der Waals surface area contributed by atoms with Gasteiger partial charge in [0.05, 0.1) is 0 Å². The molecule has 1 rings (SSSR count). The second-order valence-electron chi connectivity index (χ2n) is 4.39. The van der Waals surface area contributed by atoms with Crippen LogP contribution in [0.3, 0.4) is 0 Å². The van der Waals surface area contributed by atoms with Crippen molar-refractivity contribution in [3.8, 4) is 0 Å². The summed E-state index contributed by atoms with van der Waals surface area (Å²) in [6.45, 7) is 7.93. The van der Waals surface area contributed by atoms with Crippen molar-refractivity contribution in [2.24, 2.45) is 5.92 Å². The van der Waals surface area contributed by atoms with Gasteiger partial charge < -0.3 is 5.32 Å². The third-order valence-corrected chi connectivity index (χ3v) is 4.92. The van der Waals surface area contributed by atoms with Crippen LogP contribution in [-0.4, -0.2) is 6.54 Å². The van der Waals surface area contributed by atoms with Gasteiger partial charge in [-0.05, 0) is 52.7 Å². The van der Waals surface area contributed by atoms with Crippen molar-refractivity contribution in [2.75, 3.05) is 6.54 Å². The molecular formula is C13H22BrNS. The van der Waals surface area contributed by atoms with Gasteiger partial charge in [-0.25, -0.2) is 0 Å². The van der Waals surface area contributed by atoms with Crippen LogP contribution in [0.5, 0.6) is 0 Å². The summed E-state index contributed by atoms with van der Waals surface area (Å²) < 4.78 is 1.26. The molecule has 16 heavy (non-hydrogen) atoms. The zero-order valence-corrected chi connectivity index (χ0v) is 12.8. The molecule has 0 aromatic carbocycles. The van der Waals surface area contributed by atoms with E-state index in [0.717, 1.165) is 12.5 Å². The maximum atomic E-state index is 3.66. The van der Waals surface area contributed by atoms with Crippen LogP contribution in [0.2, 0.25) is 0 Å². The quantitative estimate of drug-likeness (QED) is 0.748. The Labute approximate surface area is 112 Å². The zero-order valence-electron chi connectivity index (χ0n) is 10.4. The number of rotatable bonds is 7. The molecule has 0 radical (unpaired) electrons. The topological polar surface area (TPSA) is 12.0 Å². The normalized spacial score (nSPS) is 15.0. The van der Waals surface area contributed by atoms with Crippen molar-refractivity contribution in [2.45, 2.75) is 46.1 Å². The molecule has 1 heterocycles. The van der Waals surface area contributed by atoms with Gasteiger partial charge in [0.2, 0.25) is 0 Å². The smallest absolute Gasteiger partial charge is 0.0428 e. The van der Waals surface area contributed by atoms with E-state index in [0.29, 0.717) is 6.04 Å². The zero-order chi connectivity index (χ0) is 12.0. The Hall–Kier alpha value is 0.140. The fourth-order valence-corrected chi connectivity index (χ4v) is 3.46. The number of nitrogens with one attached hydrogen (secondary N) is 1. The number of thiophene rings is 1. The van der Waals surface area contributed by atoms with E-state index < -0.39 is 0 Å². The molecule has 0 aliphatic heterocycles. The molecule has 3 heteroatoms. The minimum Gasteiger partial charge on any atom is -0.309 e. The molecule has 0 spiro atoms. The minimum absolute atomic E-state index is 0.518. The average Bonchev–Trinajstić information content (AvgIpc) is 2.70. The molecule has 0 bridgehead atoms. The van der Waals surface area contributed by atoms with Crippen LogP contribution in [0.4, 0.5) is 0 Å². The summed E-state index contributed by atoms with van der Waals surface area (Å²) in [5.74, 6) is 0.781. The van der Waals surface area contributed by atoms with Gasteiger partial charge in [-0.3, -0.25) is 0 Å². The van der Waals surface area contributed by atoms with Crippen LogP contribution >= 0.6 is 27.3 Å². The van der Waals surface area contributed by atoms with Gasteiger partial charge in [-0.1, -0.05) is 27.2 Å². The highest BCUT2D eigenvalue weighted by molar-refractivity contribution is 9.10. The van der Waals surface area contributed by atoms with Crippen molar-refractivity contribution in [1.82, 2.24) is 5.32 Å². The van der Waals surface area contributed by atoms with Gasteiger partial charge in [0.15, 0.2) is 0 Å². The second kappa shape index (κ2) is 7.46. The first-order chi connectivity index (χ1) is 7.69. The molecule has 2 unspecified atom stereocenters. The monoisotopic (exact) mass is 303 g/mol. The third-order valence-electron chi connectivity index (χ3n) is 2.94. The molecular weight excluding hydrogens is 282 g/mol. The van der Waals surface area contributed by atoms with Gasteiger partial charge in [0, 0.05) is 15.4 Å². The summed E-state index contributed by atoms with van der Waals surface area (Å²) in [6, 6.07) is 2.67. The molecule has 0 saturated carbocycles. The maximum Gasteiger partial charge on any atom is 0.0428 e. The lowest BCUT2D eigenvalue weighted by atomic mass is 9.98. The lowest BCUT2D eigenvalue weighted by molar-refractivity contribution is 0.406. The van der Waals surface area contributed by atoms with E-state index in [9.17, 15) is 0 Å². The molecule has 1 N–H and O–H groups in total. The van der Waals surface area contributed by atoms with Gasteiger partial charge >= 0.3 is 0 Å². The van der Waals surface area contributed by atoms with E-state index in [4.69, 9.17) is 0 Å². The number of halogens is 1. The second-order valence-corrected chi connectivity index (χ2v) is 6.19. The summed E-state index contributed by atoms with van der Waals surface area (Å²) in [7, 11) is 0. The molecule has 1 aromatic rings. The fraction of sp³-hybridized carbons (Fsp3) is 0.692. The fourth-order valence-electron chi connectivity index (χ4n) is 1.72. The highest BCUT2D eigenvalue weighted by Gasteiger charge is 2.17. The Morgan fingerprint density at radius 2 is 2.19 bits per heavy atom. The van der Waals surface area contributed by atoms with Crippen LogP contribution in [0.25, 0.3) is 0 Å². The van der Waals surface area contributed by atoms with E-state index in [2.05, 4.69) is 53.5 Å². The Morgan fingerprint density at radius 1 is 1.44 bits per heavy atom. The van der Waals surface area contributed by atoms with E-state index in [-0.39, 0.29) is 0 Å². The van der Waals surface area contributed by atoms with E-state index in [1.165, 1.54) is 28.6 Å². The van der Waals surface area contributed by atoms with Crippen LogP contribution in [-0.2, 0) is 0 Å². The van der Waals surface area contributed by atoms with Crippen molar-refractivity contribution < 1.29 is 0 Å². The highest BCUT2D eigenvalue weighted by Crippen LogP contribution is 2.33. The third kappa shape index (κ3) is 4.19. The van der Waals surface area contributed by atoms with E-state index in [1.54, 1.807) is 0 Å². The minimum atomic E-state index is 0.518. The first-order valence-corrected chi connectivity index (χ1v) is 7.82. The Bertz CT molecular complexity index is 298. The average molecular weight is 304 g/mol. The Morgan fingerprint density at radius 3 is 2.69 bits per heavy atom. The summed E-state index contributed by atoms with van der Waals surface area (Å²) in [5, 5.41) is 5.82. The van der Waals surface area contributed by atoms with Crippen molar-refractivity contribution >= 4 is 27.3 Å². The Kier molecular flexibility index (Phi) is 6.62. The summed E-state index contributed by atoms with van der Waals surface area (Å²) in [5.41, 5.74) is 0. The van der Waals surface area contributed by atoms with Crippen molar-refractivity contribution in [3.05, 3.63) is 20.8 Å². The SMILES string of the molecule is CCCNC(CC(C)CC)c1sccc1Br. The van der Waals surface area contributed by atoms with Gasteiger partial charge in [-0.15, -0.1) is 11.3 Å². The molecule has 0 saturated heterocycles. The van der Waals surface area contributed by atoms with Crippen LogP contribution < -0.4 is 5.32 Å². The first-order valence-electron chi connectivity index (χ1n) is 6.15. The standard InChI is InChI=1S/C13H22BrNS/c1-4-7-15-12(9-10(3)5-2)13-11(14)6-8-16-13/h6,8,10,12,15H,4-5,7,9H2,1-3H3. The Balaban J connectivity index is 2.67. The van der Waals surface area contributed by atoms with Crippen LogP contribution in [0.1, 0.15) is 51.0 Å². The molecule has 0 fully saturated rings. The largest absolute Gasteiger partial charge is 0.309 e. The van der Waals surface area contributed by atoms with Gasteiger partial charge in [-0.2, -0.15) is 0 Å². The predicted molar refractivity (Wildman–Crippen MR) is 77.1 cm³/mol. The lowest BCUT2D eigenvalue weighted by Crippen LogP contribution is -2.23. The first kappa shape index (κ1) is 14.2. The molecule has 0 amide bonds. The van der Waals surface area contributed by atoms with Gasteiger partial charge in [0.1, 0.15) is 0 Å². The van der Waals surface area contributed by atoms with Gasteiger partial charge in [0.25, 0.3) is 0 Å². The van der Waals surface area contributed by atoms with Crippen molar-refractivity contribution in [1.29, 1.82) is 0 Å². The number of hydrogen-bond donors (Lipinski definition) is 1. The molecule has 0 aliphatic rings. The molecule has 1 nitrogen and oxygen atoms in total. The predicted octanol–water partition coefficient (Wildman–Crippen LogP) is 4.99. The molecule has 2 atom stereocenters. The highest BCUT2D eigenvalue weighted by atomic mass is 79.9.